The van der Waals surface area contributed by atoms with Gasteiger partial charge in [-0.15, -0.1) is 0 Å². The highest BCUT2D eigenvalue weighted by Crippen LogP contribution is 2.32. The summed E-state index contributed by atoms with van der Waals surface area (Å²) < 4.78 is 32.5. The van der Waals surface area contributed by atoms with Crippen molar-refractivity contribution >= 4 is 17.3 Å². The van der Waals surface area contributed by atoms with Gasteiger partial charge in [-0.1, -0.05) is 0 Å². The predicted molar refractivity (Wildman–Crippen MR) is 140 cm³/mol. The maximum atomic E-state index is 15.3. The van der Waals surface area contributed by atoms with Crippen molar-refractivity contribution in [2.24, 2.45) is 0 Å². The van der Waals surface area contributed by atoms with Crippen LogP contribution in [0.4, 0.5) is 15.8 Å². The second-order valence-electron chi connectivity index (χ2n) is 10.6. The Labute approximate surface area is 217 Å². The molecule has 2 aromatic carbocycles. The van der Waals surface area contributed by atoms with Gasteiger partial charge in [0.25, 0.3) is 5.91 Å². The zero-order valence-electron chi connectivity index (χ0n) is 21.3. The van der Waals surface area contributed by atoms with Crippen LogP contribution in [-0.2, 0) is 15.9 Å². The lowest BCUT2D eigenvalue weighted by Gasteiger charge is -2.30. The zero-order valence-corrected chi connectivity index (χ0v) is 21.3. The van der Waals surface area contributed by atoms with E-state index in [1.54, 1.807) is 4.90 Å². The average Bonchev–Trinajstić information content (AvgIpc) is 3.70. The Morgan fingerprint density at radius 3 is 2.62 bits per heavy atom. The predicted octanol–water partition coefficient (Wildman–Crippen LogP) is 3.93. The molecule has 2 unspecified atom stereocenters. The third-order valence-corrected chi connectivity index (χ3v) is 8.05. The fraction of sp³-hybridized carbons (Fsp3) is 0.552. The second-order valence-corrected chi connectivity index (χ2v) is 10.6. The van der Waals surface area contributed by atoms with Crippen molar-refractivity contribution in [3.8, 4) is 5.75 Å². The molecule has 6 rings (SSSR count). The van der Waals surface area contributed by atoms with E-state index >= 15 is 4.39 Å². The molecule has 0 saturated carbocycles. The number of nitrogens with one attached hydrogen (secondary N) is 1. The Kier molecular flexibility index (Phi) is 7.31. The molecule has 0 aromatic heterocycles. The number of nitrogens with zero attached hydrogens (tertiary/aromatic N) is 2. The molecule has 4 heterocycles. The molecule has 0 radical (unpaired) electrons. The molecule has 0 spiro atoms. The van der Waals surface area contributed by atoms with Gasteiger partial charge in [0.05, 0.1) is 17.9 Å². The third-order valence-electron chi connectivity index (χ3n) is 8.05. The quantitative estimate of drug-likeness (QED) is 0.582. The molecule has 3 atom stereocenters. The van der Waals surface area contributed by atoms with Crippen LogP contribution in [0.25, 0.3) is 0 Å². The Bertz CT molecular complexity index is 1120. The second kappa shape index (κ2) is 11.0. The number of benzene rings is 2. The summed E-state index contributed by atoms with van der Waals surface area (Å²) in [6.07, 6.45) is 6.50. The van der Waals surface area contributed by atoms with Crippen LogP contribution in [-0.4, -0.2) is 70.2 Å². The van der Waals surface area contributed by atoms with Gasteiger partial charge < -0.3 is 29.3 Å². The number of hydrogen-bond donors (Lipinski definition) is 1. The van der Waals surface area contributed by atoms with Gasteiger partial charge in [0.1, 0.15) is 18.2 Å². The van der Waals surface area contributed by atoms with Crippen LogP contribution < -0.4 is 19.9 Å². The minimum absolute atomic E-state index is 0.0985. The fourth-order valence-corrected chi connectivity index (χ4v) is 5.94. The van der Waals surface area contributed by atoms with Crippen LogP contribution in [0.3, 0.4) is 0 Å². The number of halogens is 1. The summed E-state index contributed by atoms with van der Waals surface area (Å²) in [6, 6.07) is 11.2. The van der Waals surface area contributed by atoms with E-state index in [0.29, 0.717) is 48.7 Å². The van der Waals surface area contributed by atoms with Crippen molar-refractivity contribution < 1.29 is 23.4 Å². The molecule has 7 nitrogen and oxygen atoms in total. The summed E-state index contributed by atoms with van der Waals surface area (Å²) in [5.41, 5.74) is 2.83. The minimum atomic E-state index is -0.284. The number of carbonyl (C=O) groups is 1. The van der Waals surface area contributed by atoms with E-state index in [4.69, 9.17) is 14.2 Å². The van der Waals surface area contributed by atoms with Gasteiger partial charge in [-0.25, -0.2) is 4.39 Å². The minimum Gasteiger partial charge on any atom is -0.491 e. The van der Waals surface area contributed by atoms with Crippen LogP contribution in [0, 0.1) is 5.82 Å². The van der Waals surface area contributed by atoms with E-state index in [0.717, 1.165) is 76.3 Å². The molecule has 1 N–H and O–H groups in total. The van der Waals surface area contributed by atoms with Crippen molar-refractivity contribution in [1.29, 1.82) is 0 Å². The molecule has 0 bridgehead atoms. The van der Waals surface area contributed by atoms with Crippen molar-refractivity contribution in [3.05, 3.63) is 53.3 Å². The first kappa shape index (κ1) is 24.6. The molecule has 3 fully saturated rings. The van der Waals surface area contributed by atoms with E-state index in [1.807, 2.05) is 30.3 Å². The number of rotatable bonds is 8. The van der Waals surface area contributed by atoms with E-state index < -0.39 is 0 Å². The molecule has 0 aliphatic carbocycles. The standard InChI is InChI=1S/C29H36FN3O4/c30-27-16-22(5-8-28(27)32-11-10-21(18-32)31-17-24-3-1-13-35-24)33-12-9-20-15-23(6-7-26(20)29(33)34)37-19-25-4-2-14-36-25/h5-8,15-16,21,24-25,31H,1-4,9-14,17-19H2/t21?,24?,25-/m0/s1. The Morgan fingerprint density at radius 2 is 1.84 bits per heavy atom. The topological polar surface area (TPSA) is 63.3 Å². The number of fused-ring (bicyclic) bond motifs is 1. The highest BCUT2D eigenvalue weighted by Gasteiger charge is 2.29. The number of amides is 1. The average molecular weight is 510 g/mol. The fourth-order valence-electron chi connectivity index (χ4n) is 5.94. The highest BCUT2D eigenvalue weighted by molar-refractivity contribution is 6.08. The molecular weight excluding hydrogens is 473 g/mol. The molecule has 8 heteroatoms. The summed E-state index contributed by atoms with van der Waals surface area (Å²) in [5, 5.41) is 3.59. The summed E-state index contributed by atoms with van der Waals surface area (Å²) in [4.78, 5) is 17.1. The van der Waals surface area contributed by atoms with Gasteiger partial charge in [-0.3, -0.25) is 4.79 Å². The lowest BCUT2D eigenvalue weighted by molar-refractivity contribution is 0.0679. The number of ether oxygens (including phenoxy) is 3. The van der Waals surface area contributed by atoms with E-state index in [1.165, 1.54) is 6.07 Å². The van der Waals surface area contributed by atoms with Crippen LogP contribution >= 0.6 is 0 Å². The van der Waals surface area contributed by atoms with Gasteiger partial charge in [-0.05, 0) is 80.5 Å². The Hall–Kier alpha value is -2.68. The van der Waals surface area contributed by atoms with Crippen molar-refractivity contribution in [2.75, 3.05) is 55.8 Å². The van der Waals surface area contributed by atoms with Gasteiger partial charge >= 0.3 is 0 Å². The highest BCUT2D eigenvalue weighted by atomic mass is 19.1. The SMILES string of the molecule is O=C1c2ccc(OC[C@@H]3CCCO3)cc2CCN1c1ccc(N2CCC(NCC3CCCO3)C2)c(F)c1. The Morgan fingerprint density at radius 1 is 1.00 bits per heavy atom. The van der Waals surface area contributed by atoms with E-state index in [-0.39, 0.29) is 17.8 Å². The van der Waals surface area contributed by atoms with Crippen LogP contribution in [0.2, 0.25) is 0 Å². The summed E-state index contributed by atoms with van der Waals surface area (Å²) in [6.45, 7) is 5.16. The normalized spacial score (nSPS) is 25.6. The van der Waals surface area contributed by atoms with E-state index in [9.17, 15) is 4.79 Å². The largest absolute Gasteiger partial charge is 0.491 e. The Balaban J connectivity index is 1.07. The number of carbonyl (C=O) groups excluding carboxylic acids is 1. The number of hydrogen-bond acceptors (Lipinski definition) is 6. The monoisotopic (exact) mass is 509 g/mol. The van der Waals surface area contributed by atoms with Crippen molar-refractivity contribution in [1.82, 2.24) is 5.32 Å². The first-order chi connectivity index (χ1) is 18.1. The van der Waals surface area contributed by atoms with E-state index in [2.05, 4.69) is 10.2 Å². The summed E-state index contributed by atoms with van der Waals surface area (Å²) in [5.74, 6) is 0.382. The lowest BCUT2D eigenvalue weighted by Crippen LogP contribution is -2.38. The van der Waals surface area contributed by atoms with Gasteiger partial charge in [0, 0.05) is 56.7 Å². The lowest BCUT2D eigenvalue weighted by atomic mass is 9.98. The first-order valence-corrected chi connectivity index (χ1v) is 13.7. The van der Waals surface area contributed by atoms with Crippen LogP contribution in [0.1, 0.15) is 48.0 Å². The van der Waals surface area contributed by atoms with Gasteiger partial charge in [-0.2, -0.15) is 0 Å². The zero-order chi connectivity index (χ0) is 25.2. The molecule has 2 aromatic rings. The van der Waals surface area contributed by atoms with Crippen molar-refractivity contribution in [3.63, 3.8) is 0 Å². The molecule has 4 aliphatic heterocycles. The van der Waals surface area contributed by atoms with Crippen LogP contribution in [0.5, 0.6) is 5.75 Å². The van der Waals surface area contributed by atoms with Crippen molar-refractivity contribution in [2.45, 2.75) is 56.8 Å². The molecule has 4 aliphatic rings. The maximum absolute atomic E-state index is 15.3. The third kappa shape index (κ3) is 5.47. The molecule has 37 heavy (non-hydrogen) atoms. The first-order valence-electron chi connectivity index (χ1n) is 13.7. The molecular formula is C29H36FN3O4. The summed E-state index contributed by atoms with van der Waals surface area (Å²) >= 11 is 0. The van der Waals surface area contributed by atoms with Crippen LogP contribution in [0.15, 0.2) is 36.4 Å². The number of anilines is 2. The summed E-state index contributed by atoms with van der Waals surface area (Å²) in [7, 11) is 0. The smallest absolute Gasteiger partial charge is 0.258 e. The maximum Gasteiger partial charge on any atom is 0.258 e. The molecule has 1 amide bonds. The van der Waals surface area contributed by atoms with Gasteiger partial charge in [0.2, 0.25) is 0 Å². The molecule has 198 valence electrons. The van der Waals surface area contributed by atoms with Gasteiger partial charge in [0.15, 0.2) is 0 Å². The molecule has 3 saturated heterocycles.